The van der Waals surface area contributed by atoms with E-state index in [9.17, 15) is 10.2 Å². The number of hydrogen-bond donors (Lipinski definition) is 2. The van der Waals surface area contributed by atoms with Crippen LogP contribution in [0.15, 0.2) is 0 Å². The molecule has 0 aromatic rings. The van der Waals surface area contributed by atoms with Crippen molar-refractivity contribution in [3.8, 4) is 0 Å². The standard InChI is InChI=1S/C16H32O5/c1-6-8-19-9-12-13(10(3)4)14(17)15(18)16(21-12)20-11(5)7-2/h10-18H,6-9H2,1-5H3. The van der Waals surface area contributed by atoms with E-state index >= 15 is 0 Å². The lowest BCUT2D eigenvalue weighted by Crippen LogP contribution is -2.58. The van der Waals surface area contributed by atoms with Gasteiger partial charge in [0.25, 0.3) is 0 Å². The van der Waals surface area contributed by atoms with E-state index in [4.69, 9.17) is 14.2 Å². The number of rotatable bonds is 8. The van der Waals surface area contributed by atoms with Crippen molar-refractivity contribution in [3.63, 3.8) is 0 Å². The molecule has 21 heavy (non-hydrogen) atoms. The Hall–Kier alpha value is -0.200. The highest BCUT2D eigenvalue weighted by Crippen LogP contribution is 2.32. The predicted molar refractivity (Wildman–Crippen MR) is 81.0 cm³/mol. The van der Waals surface area contributed by atoms with E-state index in [1.165, 1.54) is 0 Å². The highest BCUT2D eigenvalue weighted by Gasteiger charge is 2.46. The second-order valence-electron chi connectivity index (χ2n) is 6.28. The maximum Gasteiger partial charge on any atom is 0.186 e. The molecule has 0 aromatic heterocycles. The molecule has 0 saturated carbocycles. The fourth-order valence-electron chi connectivity index (χ4n) is 2.71. The Morgan fingerprint density at radius 1 is 1.10 bits per heavy atom. The minimum Gasteiger partial charge on any atom is -0.390 e. The Morgan fingerprint density at radius 2 is 1.76 bits per heavy atom. The Balaban J connectivity index is 2.75. The van der Waals surface area contributed by atoms with Crippen molar-refractivity contribution in [2.45, 2.75) is 78.2 Å². The molecule has 2 N–H and O–H groups in total. The average Bonchev–Trinajstić information content (AvgIpc) is 2.43. The van der Waals surface area contributed by atoms with Gasteiger partial charge in [0, 0.05) is 12.5 Å². The lowest BCUT2D eigenvalue weighted by Gasteiger charge is -2.44. The summed E-state index contributed by atoms with van der Waals surface area (Å²) in [5.74, 6) is 0.0306. The summed E-state index contributed by atoms with van der Waals surface area (Å²) >= 11 is 0. The van der Waals surface area contributed by atoms with Crippen LogP contribution in [0.5, 0.6) is 0 Å². The highest BCUT2D eigenvalue weighted by molar-refractivity contribution is 4.91. The maximum absolute atomic E-state index is 10.4. The Morgan fingerprint density at radius 3 is 2.29 bits per heavy atom. The van der Waals surface area contributed by atoms with Crippen LogP contribution in [0.1, 0.15) is 47.5 Å². The van der Waals surface area contributed by atoms with Crippen LogP contribution >= 0.6 is 0 Å². The zero-order valence-corrected chi connectivity index (χ0v) is 14.0. The van der Waals surface area contributed by atoms with E-state index in [-0.39, 0.29) is 24.0 Å². The van der Waals surface area contributed by atoms with E-state index in [0.29, 0.717) is 13.2 Å². The van der Waals surface area contributed by atoms with E-state index < -0.39 is 18.5 Å². The first kappa shape index (κ1) is 18.8. The number of hydrogen-bond acceptors (Lipinski definition) is 5. The van der Waals surface area contributed by atoms with Crippen LogP contribution in [0.25, 0.3) is 0 Å². The molecular formula is C16H32O5. The molecule has 0 amide bonds. The second kappa shape index (κ2) is 9.06. The molecule has 1 heterocycles. The van der Waals surface area contributed by atoms with Crippen molar-refractivity contribution in [3.05, 3.63) is 0 Å². The Kier molecular flexibility index (Phi) is 8.13. The van der Waals surface area contributed by atoms with Gasteiger partial charge in [-0.2, -0.15) is 0 Å². The summed E-state index contributed by atoms with van der Waals surface area (Å²) < 4.78 is 17.2. The first-order valence-corrected chi connectivity index (χ1v) is 8.17. The third-order valence-corrected chi connectivity index (χ3v) is 4.10. The van der Waals surface area contributed by atoms with E-state index in [0.717, 1.165) is 12.8 Å². The van der Waals surface area contributed by atoms with Crippen LogP contribution in [0.4, 0.5) is 0 Å². The SMILES string of the molecule is CCCOCC1OC(OC(C)CC)C(O)C(O)C1C(C)C. The Labute approximate surface area is 128 Å². The van der Waals surface area contributed by atoms with Gasteiger partial charge in [-0.05, 0) is 25.7 Å². The molecule has 6 atom stereocenters. The molecule has 0 bridgehead atoms. The molecule has 1 aliphatic rings. The van der Waals surface area contributed by atoms with Crippen LogP contribution in [0.2, 0.25) is 0 Å². The molecule has 1 fully saturated rings. The first-order valence-electron chi connectivity index (χ1n) is 8.17. The molecule has 0 radical (unpaired) electrons. The summed E-state index contributed by atoms with van der Waals surface area (Å²) in [5, 5.41) is 20.7. The van der Waals surface area contributed by atoms with Crippen LogP contribution in [-0.2, 0) is 14.2 Å². The number of aliphatic hydroxyl groups is 2. The van der Waals surface area contributed by atoms with Crippen LogP contribution in [-0.4, -0.2) is 54.1 Å². The van der Waals surface area contributed by atoms with Gasteiger partial charge in [-0.15, -0.1) is 0 Å². The molecule has 0 aliphatic carbocycles. The molecule has 1 saturated heterocycles. The molecule has 1 aliphatic heterocycles. The van der Waals surface area contributed by atoms with Gasteiger partial charge in [-0.25, -0.2) is 0 Å². The number of aliphatic hydroxyl groups excluding tert-OH is 2. The van der Waals surface area contributed by atoms with Gasteiger partial charge in [-0.3, -0.25) is 0 Å². The summed E-state index contributed by atoms with van der Waals surface area (Å²) in [7, 11) is 0. The summed E-state index contributed by atoms with van der Waals surface area (Å²) in [5.41, 5.74) is 0. The lowest BCUT2D eigenvalue weighted by atomic mass is 9.81. The van der Waals surface area contributed by atoms with Crippen LogP contribution in [0, 0.1) is 11.8 Å². The van der Waals surface area contributed by atoms with E-state index in [1.54, 1.807) is 0 Å². The van der Waals surface area contributed by atoms with Gasteiger partial charge >= 0.3 is 0 Å². The molecule has 1 rings (SSSR count). The topological polar surface area (TPSA) is 68.2 Å². The zero-order chi connectivity index (χ0) is 16.0. The molecule has 126 valence electrons. The monoisotopic (exact) mass is 304 g/mol. The van der Waals surface area contributed by atoms with Gasteiger partial charge < -0.3 is 24.4 Å². The minimum absolute atomic E-state index is 0.0235. The van der Waals surface area contributed by atoms with Crippen molar-refractivity contribution < 1.29 is 24.4 Å². The summed E-state index contributed by atoms with van der Waals surface area (Å²) in [6.45, 7) is 11.1. The smallest absolute Gasteiger partial charge is 0.186 e. The minimum atomic E-state index is -1.02. The average molecular weight is 304 g/mol. The van der Waals surface area contributed by atoms with Crippen molar-refractivity contribution >= 4 is 0 Å². The lowest BCUT2D eigenvalue weighted by molar-refractivity contribution is -0.306. The molecule has 0 spiro atoms. The van der Waals surface area contributed by atoms with Crippen molar-refractivity contribution in [1.82, 2.24) is 0 Å². The van der Waals surface area contributed by atoms with Gasteiger partial charge in [0.05, 0.1) is 24.9 Å². The van der Waals surface area contributed by atoms with Gasteiger partial charge in [0.15, 0.2) is 6.29 Å². The summed E-state index contributed by atoms with van der Waals surface area (Å²) in [4.78, 5) is 0. The maximum atomic E-state index is 10.4. The molecule has 0 aromatic carbocycles. The van der Waals surface area contributed by atoms with Gasteiger partial charge in [0.1, 0.15) is 6.10 Å². The number of ether oxygens (including phenoxy) is 3. The highest BCUT2D eigenvalue weighted by atomic mass is 16.7. The van der Waals surface area contributed by atoms with E-state index in [2.05, 4.69) is 6.92 Å². The first-order chi connectivity index (χ1) is 9.92. The van der Waals surface area contributed by atoms with Crippen LogP contribution in [0.3, 0.4) is 0 Å². The van der Waals surface area contributed by atoms with Crippen molar-refractivity contribution in [2.75, 3.05) is 13.2 Å². The third kappa shape index (κ3) is 5.18. The quantitative estimate of drug-likeness (QED) is 0.671. The molecule has 5 nitrogen and oxygen atoms in total. The second-order valence-corrected chi connectivity index (χ2v) is 6.28. The summed E-state index contributed by atoms with van der Waals surface area (Å²) in [6.07, 6.45) is -1.18. The van der Waals surface area contributed by atoms with Crippen molar-refractivity contribution in [2.24, 2.45) is 11.8 Å². The zero-order valence-electron chi connectivity index (χ0n) is 14.0. The van der Waals surface area contributed by atoms with E-state index in [1.807, 2.05) is 27.7 Å². The largest absolute Gasteiger partial charge is 0.390 e. The van der Waals surface area contributed by atoms with Gasteiger partial charge in [-0.1, -0.05) is 27.7 Å². The third-order valence-electron chi connectivity index (χ3n) is 4.10. The molecule has 5 heteroatoms. The summed E-state index contributed by atoms with van der Waals surface area (Å²) in [6, 6.07) is 0. The van der Waals surface area contributed by atoms with Gasteiger partial charge in [0.2, 0.25) is 0 Å². The van der Waals surface area contributed by atoms with Crippen LogP contribution < -0.4 is 0 Å². The Bertz CT molecular complexity index is 284. The van der Waals surface area contributed by atoms with Crippen molar-refractivity contribution in [1.29, 1.82) is 0 Å². The predicted octanol–water partition coefficient (Wildman–Crippen LogP) is 1.95. The fourth-order valence-corrected chi connectivity index (χ4v) is 2.71. The molecular weight excluding hydrogens is 272 g/mol. The fraction of sp³-hybridized carbons (Fsp3) is 1.00. The molecule has 6 unspecified atom stereocenters. The normalized spacial score (nSPS) is 35.1.